The number of amides is 1. The summed E-state index contributed by atoms with van der Waals surface area (Å²) >= 11 is 0. The minimum Gasteiger partial charge on any atom is -0.323 e. The van der Waals surface area contributed by atoms with Gasteiger partial charge in [-0.2, -0.15) is 8.42 Å². The number of likely N-dealkylation sites (N-methyl/N-ethyl adjacent to an activating group) is 1. The highest BCUT2D eigenvalue weighted by Gasteiger charge is 2.56. The molecule has 0 aliphatic carbocycles. The molecule has 3 N–H and O–H groups in total. The fourth-order valence-corrected chi connectivity index (χ4v) is 3.07. The molecule has 0 aromatic heterocycles. The number of nitrogens with one attached hydrogen (secondary N) is 2. The van der Waals surface area contributed by atoms with Crippen molar-refractivity contribution in [2.75, 3.05) is 11.9 Å². The van der Waals surface area contributed by atoms with Crippen LogP contribution in [0.25, 0.3) is 0 Å². The maximum atomic E-state index is 11.9. The normalized spacial score (nSPS) is 23.3. The topological polar surface area (TPSA) is 95.5 Å². The molecular weight excluding hydrogens is 244 g/mol. The van der Waals surface area contributed by atoms with Crippen LogP contribution in [0, 0.1) is 0 Å². The summed E-state index contributed by atoms with van der Waals surface area (Å²) in [5.74, 6) is -0.789. The standard InChI is InChI=1S/C10H12N2O4S/c1-2-11-10(17(14,15)16)7-5-3-4-6-8(7)12-9(10)13/h3-6,11H,2H2,1H3,(H,12,13)(H,14,15,16). The molecule has 92 valence electrons. The summed E-state index contributed by atoms with van der Waals surface area (Å²) in [5, 5.41) is 4.99. The molecule has 2 rings (SSSR count). The first-order valence-corrected chi connectivity index (χ1v) is 6.50. The number of para-hydroxylation sites is 1. The first-order valence-electron chi connectivity index (χ1n) is 5.06. The molecule has 0 fully saturated rings. The van der Waals surface area contributed by atoms with Crippen molar-refractivity contribution in [3.63, 3.8) is 0 Å². The van der Waals surface area contributed by atoms with Crippen LogP contribution in [0.4, 0.5) is 5.69 Å². The van der Waals surface area contributed by atoms with Crippen LogP contribution in [0.15, 0.2) is 24.3 Å². The molecule has 1 aliphatic rings. The van der Waals surface area contributed by atoms with Gasteiger partial charge in [-0.25, -0.2) is 0 Å². The molecule has 1 atom stereocenters. The molecule has 1 aromatic rings. The molecule has 0 saturated carbocycles. The minimum atomic E-state index is -4.61. The van der Waals surface area contributed by atoms with E-state index in [4.69, 9.17) is 0 Å². The highest BCUT2D eigenvalue weighted by molar-refractivity contribution is 7.87. The van der Waals surface area contributed by atoms with Gasteiger partial charge in [0.2, 0.25) is 0 Å². The van der Waals surface area contributed by atoms with Gasteiger partial charge < -0.3 is 5.32 Å². The third-order valence-corrected chi connectivity index (χ3v) is 4.01. The molecule has 0 saturated heterocycles. The van der Waals surface area contributed by atoms with E-state index in [-0.39, 0.29) is 12.1 Å². The molecular formula is C10H12N2O4S. The summed E-state index contributed by atoms with van der Waals surface area (Å²) in [6.07, 6.45) is 0. The smallest absolute Gasteiger partial charge is 0.298 e. The molecule has 1 amide bonds. The van der Waals surface area contributed by atoms with Crippen molar-refractivity contribution in [1.29, 1.82) is 0 Å². The van der Waals surface area contributed by atoms with Crippen LogP contribution >= 0.6 is 0 Å². The Morgan fingerprint density at radius 2 is 2.06 bits per heavy atom. The fraction of sp³-hybridized carbons (Fsp3) is 0.300. The van der Waals surface area contributed by atoms with Crippen molar-refractivity contribution in [3.8, 4) is 0 Å². The Bertz CT molecular complexity index is 569. The van der Waals surface area contributed by atoms with E-state index in [2.05, 4.69) is 10.6 Å². The Balaban J connectivity index is 2.73. The number of carbonyl (C=O) groups excluding carboxylic acids is 1. The van der Waals surface area contributed by atoms with Crippen molar-refractivity contribution in [2.45, 2.75) is 11.8 Å². The van der Waals surface area contributed by atoms with Crippen molar-refractivity contribution >= 4 is 21.7 Å². The van der Waals surface area contributed by atoms with Gasteiger partial charge in [0.05, 0.1) is 0 Å². The summed E-state index contributed by atoms with van der Waals surface area (Å²) < 4.78 is 32.5. The zero-order valence-electron chi connectivity index (χ0n) is 9.10. The Morgan fingerprint density at radius 1 is 1.41 bits per heavy atom. The number of fused-ring (bicyclic) bond motifs is 1. The monoisotopic (exact) mass is 256 g/mol. The number of carbonyl (C=O) groups is 1. The van der Waals surface area contributed by atoms with E-state index in [1.165, 1.54) is 6.07 Å². The molecule has 1 heterocycles. The maximum absolute atomic E-state index is 11.9. The Kier molecular flexibility index (Phi) is 2.69. The fourth-order valence-electron chi connectivity index (χ4n) is 2.00. The Morgan fingerprint density at radius 3 is 2.65 bits per heavy atom. The first-order chi connectivity index (χ1) is 7.93. The highest BCUT2D eigenvalue weighted by atomic mass is 32.2. The SMILES string of the molecule is CCNC1(S(=O)(=O)O)C(=O)Nc2ccccc21. The average Bonchev–Trinajstić information content (AvgIpc) is 2.53. The Hall–Kier alpha value is -1.44. The molecule has 0 spiro atoms. The van der Waals surface area contributed by atoms with E-state index in [9.17, 15) is 17.8 Å². The summed E-state index contributed by atoms with van der Waals surface area (Å²) in [6, 6.07) is 6.35. The van der Waals surface area contributed by atoms with Gasteiger partial charge in [0.15, 0.2) is 0 Å². The molecule has 1 aliphatic heterocycles. The molecule has 0 bridgehead atoms. The van der Waals surface area contributed by atoms with Gasteiger partial charge in [-0.15, -0.1) is 0 Å². The molecule has 17 heavy (non-hydrogen) atoms. The van der Waals surface area contributed by atoms with E-state index in [1.807, 2.05) is 0 Å². The van der Waals surface area contributed by atoms with Gasteiger partial charge in [0, 0.05) is 11.3 Å². The van der Waals surface area contributed by atoms with Gasteiger partial charge in [0.1, 0.15) is 0 Å². The molecule has 1 unspecified atom stereocenters. The van der Waals surface area contributed by atoms with Crippen LogP contribution in [0.5, 0.6) is 0 Å². The third-order valence-electron chi connectivity index (χ3n) is 2.69. The summed E-state index contributed by atoms with van der Waals surface area (Å²) in [7, 11) is -4.61. The molecule has 0 radical (unpaired) electrons. The van der Waals surface area contributed by atoms with Gasteiger partial charge >= 0.3 is 0 Å². The lowest BCUT2D eigenvalue weighted by Gasteiger charge is -2.24. The quantitative estimate of drug-likeness (QED) is 0.675. The van der Waals surface area contributed by atoms with Crippen LogP contribution in [-0.2, 0) is 19.8 Å². The van der Waals surface area contributed by atoms with E-state index in [1.54, 1.807) is 25.1 Å². The van der Waals surface area contributed by atoms with E-state index in [0.717, 1.165) is 0 Å². The average molecular weight is 256 g/mol. The van der Waals surface area contributed by atoms with Crippen molar-refractivity contribution in [2.24, 2.45) is 0 Å². The second kappa shape index (κ2) is 3.80. The van der Waals surface area contributed by atoms with Gasteiger partial charge in [-0.3, -0.25) is 14.7 Å². The zero-order valence-corrected chi connectivity index (χ0v) is 9.91. The minimum absolute atomic E-state index is 0.217. The summed E-state index contributed by atoms with van der Waals surface area (Å²) in [4.78, 5) is 9.78. The van der Waals surface area contributed by atoms with Gasteiger partial charge in [0.25, 0.3) is 20.9 Å². The van der Waals surface area contributed by atoms with Crippen molar-refractivity contribution < 1.29 is 17.8 Å². The van der Waals surface area contributed by atoms with Crippen LogP contribution < -0.4 is 10.6 Å². The molecule has 1 aromatic carbocycles. The summed E-state index contributed by atoms with van der Waals surface area (Å²) in [6.45, 7) is 1.88. The number of anilines is 1. The number of rotatable bonds is 3. The lowest BCUT2D eigenvalue weighted by molar-refractivity contribution is -0.119. The van der Waals surface area contributed by atoms with Gasteiger partial charge in [-0.05, 0) is 12.6 Å². The molecule has 6 nitrogen and oxygen atoms in total. The predicted molar refractivity (Wildman–Crippen MR) is 62.0 cm³/mol. The van der Waals surface area contributed by atoms with Crippen LogP contribution in [0.3, 0.4) is 0 Å². The van der Waals surface area contributed by atoms with Crippen LogP contribution in [0.2, 0.25) is 0 Å². The second-order valence-corrected chi connectivity index (χ2v) is 5.25. The largest absolute Gasteiger partial charge is 0.323 e. The van der Waals surface area contributed by atoms with Crippen LogP contribution in [0.1, 0.15) is 12.5 Å². The second-order valence-electron chi connectivity index (χ2n) is 3.69. The zero-order chi connectivity index (χ0) is 12.7. The van der Waals surface area contributed by atoms with Gasteiger partial charge in [-0.1, -0.05) is 25.1 Å². The number of hydrogen-bond acceptors (Lipinski definition) is 4. The van der Waals surface area contributed by atoms with Crippen molar-refractivity contribution in [1.82, 2.24) is 5.32 Å². The van der Waals surface area contributed by atoms with Crippen LogP contribution in [-0.4, -0.2) is 25.4 Å². The number of benzene rings is 1. The Labute approximate surface area is 98.8 Å². The summed E-state index contributed by atoms with van der Waals surface area (Å²) in [5.41, 5.74) is 0.602. The lowest BCUT2D eigenvalue weighted by atomic mass is 10.1. The highest BCUT2D eigenvalue weighted by Crippen LogP contribution is 2.39. The van der Waals surface area contributed by atoms with E-state index >= 15 is 0 Å². The van der Waals surface area contributed by atoms with E-state index in [0.29, 0.717) is 5.69 Å². The lowest BCUT2D eigenvalue weighted by Crippen LogP contribution is -2.53. The third kappa shape index (κ3) is 1.54. The van der Waals surface area contributed by atoms with Crippen molar-refractivity contribution in [3.05, 3.63) is 29.8 Å². The maximum Gasteiger partial charge on any atom is 0.298 e. The predicted octanol–water partition coefficient (Wildman–Crippen LogP) is 0.289. The molecule has 7 heteroatoms. The number of hydrogen-bond donors (Lipinski definition) is 3. The first kappa shape index (κ1) is 12.0. The van der Waals surface area contributed by atoms with E-state index < -0.39 is 20.9 Å².